The highest BCUT2D eigenvalue weighted by Gasteiger charge is 2.30. The molecule has 1 aromatic carbocycles. The van der Waals surface area contributed by atoms with E-state index < -0.39 is 0 Å². The minimum Gasteiger partial charge on any atom is -0.397 e. The maximum Gasteiger partial charge on any atom is 0.0789 e. The van der Waals surface area contributed by atoms with Gasteiger partial charge in [0, 0.05) is 19.1 Å². The molecule has 0 bridgehead atoms. The molecule has 0 aliphatic carbocycles. The Labute approximate surface area is 114 Å². The van der Waals surface area contributed by atoms with Crippen LogP contribution in [0.5, 0.6) is 0 Å². The molecule has 2 aliphatic heterocycles. The van der Waals surface area contributed by atoms with E-state index in [4.69, 9.17) is 17.3 Å². The van der Waals surface area contributed by atoms with Gasteiger partial charge in [-0.25, -0.2) is 0 Å². The highest BCUT2D eigenvalue weighted by Crippen LogP contribution is 2.35. The van der Waals surface area contributed by atoms with E-state index in [1.54, 1.807) is 0 Å². The second-order valence-electron chi connectivity index (χ2n) is 5.31. The summed E-state index contributed by atoms with van der Waals surface area (Å²) in [6.45, 7) is 4.65. The number of nitrogen functional groups attached to an aromatic ring is 1. The second kappa shape index (κ2) is 4.98. The lowest BCUT2D eigenvalue weighted by Gasteiger charge is -2.25. The van der Waals surface area contributed by atoms with Crippen LogP contribution in [0, 0.1) is 0 Å². The molecule has 3 nitrogen and oxygen atoms in total. The first-order chi connectivity index (χ1) is 8.75. The van der Waals surface area contributed by atoms with Gasteiger partial charge in [0.2, 0.25) is 0 Å². The van der Waals surface area contributed by atoms with Crippen molar-refractivity contribution in [1.82, 2.24) is 4.90 Å². The molecule has 0 aromatic heterocycles. The molecule has 1 atom stereocenters. The Morgan fingerprint density at radius 3 is 2.67 bits per heavy atom. The zero-order valence-corrected chi connectivity index (χ0v) is 11.4. The minimum absolute atomic E-state index is 0.683. The van der Waals surface area contributed by atoms with E-state index in [0.29, 0.717) is 6.04 Å². The van der Waals surface area contributed by atoms with Crippen LogP contribution in [0.25, 0.3) is 0 Å². The van der Waals surface area contributed by atoms with Crippen molar-refractivity contribution < 1.29 is 0 Å². The SMILES string of the molecule is Nc1cccc(Cl)c1N1CCC(N2CCCC2)C1. The Bertz CT molecular complexity index is 409. The fourth-order valence-corrected chi connectivity index (χ4v) is 3.52. The molecule has 2 fully saturated rings. The van der Waals surface area contributed by atoms with E-state index in [0.717, 1.165) is 29.5 Å². The lowest BCUT2D eigenvalue weighted by Crippen LogP contribution is -2.35. The molecule has 98 valence electrons. The smallest absolute Gasteiger partial charge is 0.0789 e. The molecule has 0 amide bonds. The van der Waals surface area contributed by atoms with Crippen molar-refractivity contribution in [2.45, 2.75) is 25.3 Å². The summed E-state index contributed by atoms with van der Waals surface area (Å²) in [7, 11) is 0. The predicted octanol–water partition coefficient (Wildman–Crippen LogP) is 2.60. The van der Waals surface area contributed by atoms with Gasteiger partial charge >= 0.3 is 0 Å². The number of para-hydroxylation sites is 1. The van der Waals surface area contributed by atoms with Gasteiger partial charge in [-0.05, 0) is 44.5 Å². The number of hydrogen-bond donors (Lipinski definition) is 1. The maximum atomic E-state index is 6.28. The normalized spacial score (nSPS) is 24.9. The van der Waals surface area contributed by atoms with Crippen LogP contribution in [-0.4, -0.2) is 37.1 Å². The molecular weight excluding hydrogens is 246 g/mol. The Hall–Kier alpha value is -0.930. The molecule has 2 heterocycles. The van der Waals surface area contributed by atoms with E-state index >= 15 is 0 Å². The fraction of sp³-hybridized carbons (Fsp3) is 0.571. The number of benzene rings is 1. The molecule has 1 unspecified atom stereocenters. The molecule has 1 aromatic rings. The lowest BCUT2D eigenvalue weighted by molar-refractivity contribution is 0.260. The van der Waals surface area contributed by atoms with Crippen LogP contribution in [0.3, 0.4) is 0 Å². The number of rotatable bonds is 2. The van der Waals surface area contributed by atoms with Gasteiger partial charge in [-0.2, -0.15) is 0 Å². The van der Waals surface area contributed by atoms with Crippen LogP contribution in [0.1, 0.15) is 19.3 Å². The molecule has 0 radical (unpaired) electrons. The van der Waals surface area contributed by atoms with Gasteiger partial charge in [-0.15, -0.1) is 0 Å². The van der Waals surface area contributed by atoms with Gasteiger partial charge in [0.15, 0.2) is 0 Å². The Kier molecular flexibility index (Phi) is 3.35. The van der Waals surface area contributed by atoms with Crippen LogP contribution in [0.4, 0.5) is 11.4 Å². The molecule has 0 spiro atoms. The summed E-state index contributed by atoms with van der Waals surface area (Å²) in [5.74, 6) is 0. The monoisotopic (exact) mass is 265 g/mol. The number of halogens is 1. The summed E-state index contributed by atoms with van der Waals surface area (Å²) in [4.78, 5) is 4.97. The van der Waals surface area contributed by atoms with Gasteiger partial charge in [0.05, 0.1) is 16.4 Å². The van der Waals surface area contributed by atoms with E-state index in [1.807, 2.05) is 18.2 Å². The van der Waals surface area contributed by atoms with Crippen molar-refractivity contribution in [3.63, 3.8) is 0 Å². The van der Waals surface area contributed by atoms with E-state index in [2.05, 4.69) is 9.80 Å². The first-order valence-corrected chi connectivity index (χ1v) is 7.16. The number of nitrogens with zero attached hydrogens (tertiary/aromatic N) is 2. The van der Waals surface area contributed by atoms with E-state index in [-0.39, 0.29) is 0 Å². The molecule has 2 aliphatic rings. The molecule has 3 rings (SSSR count). The van der Waals surface area contributed by atoms with Gasteiger partial charge in [0.1, 0.15) is 0 Å². The topological polar surface area (TPSA) is 32.5 Å². The summed E-state index contributed by atoms with van der Waals surface area (Å²) >= 11 is 6.28. The third kappa shape index (κ3) is 2.17. The second-order valence-corrected chi connectivity index (χ2v) is 5.72. The van der Waals surface area contributed by atoms with Gasteiger partial charge in [0.25, 0.3) is 0 Å². The van der Waals surface area contributed by atoms with Crippen LogP contribution in [0.15, 0.2) is 18.2 Å². The molecular formula is C14H20ClN3. The van der Waals surface area contributed by atoms with Crippen LogP contribution in [-0.2, 0) is 0 Å². The highest BCUT2D eigenvalue weighted by atomic mass is 35.5. The van der Waals surface area contributed by atoms with Gasteiger partial charge in [-0.1, -0.05) is 17.7 Å². The summed E-state index contributed by atoms with van der Waals surface area (Å²) < 4.78 is 0. The first-order valence-electron chi connectivity index (χ1n) is 6.78. The first kappa shape index (κ1) is 12.1. The zero-order valence-electron chi connectivity index (χ0n) is 10.6. The molecule has 2 saturated heterocycles. The fourth-order valence-electron chi connectivity index (χ4n) is 3.22. The lowest BCUT2D eigenvalue weighted by atomic mass is 10.2. The average molecular weight is 266 g/mol. The standard InChI is InChI=1S/C14H20ClN3/c15-12-4-3-5-13(16)14(12)18-9-6-11(10-18)17-7-1-2-8-17/h3-5,11H,1-2,6-10,16H2. The summed E-state index contributed by atoms with van der Waals surface area (Å²) in [5.41, 5.74) is 7.88. The van der Waals surface area contributed by atoms with Crippen LogP contribution in [0.2, 0.25) is 5.02 Å². The predicted molar refractivity (Wildman–Crippen MR) is 77.3 cm³/mol. The Balaban J connectivity index is 1.75. The zero-order chi connectivity index (χ0) is 12.5. The highest BCUT2D eigenvalue weighted by molar-refractivity contribution is 6.34. The van der Waals surface area contributed by atoms with Crippen molar-refractivity contribution in [2.75, 3.05) is 36.8 Å². The van der Waals surface area contributed by atoms with Gasteiger partial charge < -0.3 is 10.6 Å². The summed E-state index contributed by atoms with van der Waals surface area (Å²) in [5, 5.41) is 0.775. The van der Waals surface area contributed by atoms with Crippen molar-refractivity contribution >= 4 is 23.0 Å². The van der Waals surface area contributed by atoms with Crippen molar-refractivity contribution in [1.29, 1.82) is 0 Å². The van der Waals surface area contributed by atoms with Crippen molar-refractivity contribution in [3.8, 4) is 0 Å². The van der Waals surface area contributed by atoms with Crippen molar-refractivity contribution in [2.24, 2.45) is 0 Å². The number of anilines is 2. The largest absolute Gasteiger partial charge is 0.397 e. The summed E-state index contributed by atoms with van der Waals surface area (Å²) in [6.07, 6.45) is 3.93. The number of nitrogens with two attached hydrogens (primary N) is 1. The summed E-state index contributed by atoms with van der Waals surface area (Å²) in [6, 6.07) is 6.46. The van der Waals surface area contributed by atoms with Crippen molar-refractivity contribution in [3.05, 3.63) is 23.2 Å². The molecule has 2 N–H and O–H groups in total. The third-order valence-electron chi connectivity index (χ3n) is 4.15. The number of likely N-dealkylation sites (tertiary alicyclic amines) is 1. The van der Waals surface area contributed by atoms with E-state index in [1.165, 1.54) is 32.4 Å². The molecule has 18 heavy (non-hydrogen) atoms. The van der Waals surface area contributed by atoms with Gasteiger partial charge in [-0.3, -0.25) is 4.90 Å². The van der Waals surface area contributed by atoms with Crippen LogP contribution >= 0.6 is 11.6 Å². The third-order valence-corrected chi connectivity index (χ3v) is 4.46. The Morgan fingerprint density at radius 1 is 1.17 bits per heavy atom. The Morgan fingerprint density at radius 2 is 1.94 bits per heavy atom. The molecule has 0 saturated carbocycles. The average Bonchev–Trinajstić information content (AvgIpc) is 2.99. The molecule has 4 heteroatoms. The quantitative estimate of drug-likeness (QED) is 0.835. The number of hydrogen-bond acceptors (Lipinski definition) is 3. The van der Waals surface area contributed by atoms with Crippen LogP contribution < -0.4 is 10.6 Å². The minimum atomic E-state index is 0.683. The van der Waals surface area contributed by atoms with E-state index in [9.17, 15) is 0 Å². The maximum absolute atomic E-state index is 6.28.